The van der Waals surface area contributed by atoms with Crippen LogP contribution in [0, 0.1) is 22.7 Å². The molecule has 0 saturated carbocycles. The van der Waals surface area contributed by atoms with Crippen LogP contribution in [0.15, 0.2) is 174 Å². The fourth-order valence-corrected chi connectivity index (χ4v) is 8.68. The molecule has 0 atom stereocenters. The van der Waals surface area contributed by atoms with Crippen molar-refractivity contribution >= 4 is 65.6 Å². The zero-order valence-corrected chi connectivity index (χ0v) is 29.4. The first-order chi connectivity index (χ1) is 27.2. The van der Waals surface area contributed by atoms with Crippen molar-refractivity contribution < 1.29 is 4.42 Å². The maximum Gasteiger partial charge on any atom is 0.145 e. The molecule has 0 radical (unpaired) electrons. The van der Waals surface area contributed by atoms with Gasteiger partial charge in [-0.25, -0.2) is 0 Å². The molecule has 0 aliphatic rings. The van der Waals surface area contributed by atoms with Gasteiger partial charge >= 0.3 is 0 Å². The first-order valence-electron chi connectivity index (χ1n) is 18.2. The lowest BCUT2D eigenvalue weighted by Crippen LogP contribution is -2.02. The molecule has 8 aromatic carbocycles. The number of nitriles is 2. The van der Waals surface area contributed by atoms with E-state index in [0.717, 1.165) is 93.6 Å². The molecule has 0 unspecified atom stereocenters. The minimum Gasteiger partial charge on any atom is -0.455 e. The van der Waals surface area contributed by atoms with Crippen molar-refractivity contribution in [3.63, 3.8) is 0 Å². The molecule has 0 aliphatic heterocycles. The summed E-state index contributed by atoms with van der Waals surface area (Å²) in [6, 6.07) is 62.9. The Kier molecular flexibility index (Phi) is 6.61. The number of aromatic nitrogens is 2. The van der Waals surface area contributed by atoms with E-state index >= 15 is 0 Å². The smallest absolute Gasteiger partial charge is 0.145 e. The third-order valence-electron chi connectivity index (χ3n) is 11.0. The van der Waals surface area contributed by atoms with Crippen molar-refractivity contribution in [2.24, 2.45) is 0 Å². The third-order valence-corrected chi connectivity index (χ3v) is 11.0. The zero-order chi connectivity index (χ0) is 36.6. The van der Waals surface area contributed by atoms with E-state index in [4.69, 9.17) is 4.42 Å². The van der Waals surface area contributed by atoms with Gasteiger partial charge in [0.1, 0.15) is 17.2 Å². The van der Waals surface area contributed by atoms with E-state index in [1.165, 1.54) is 0 Å². The molecule has 11 aromatic rings. The number of para-hydroxylation sites is 4. The normalized spacial score (nSPS) is 11.6. The van der Waals surface area contributed by atoms with Gasteiger partial charge in [-0.15, -0.1) is 0 Å². The highest BCUT2D eigenvalue weighted by Crippen LogP contribution is 2.43. The quantitative estimate of drug-likeness (QED) is 0.183. The number of fused-ring (bicyclic) bond motifs is 10. The van der Waals surface area contributed by atoms with Crippen LogP contribution >= 0.6 is 0 Å². The van der Waals surface area contributed by atoms with E-state index in [0.29, 0.717) is 16.7 Å². The van der Waals surface area contributed by atoms with E-state index in [2.05, 4.69) is 130 Å². The molecule has 0 aliphatic carbocycles. The first-order valence-corrected chi connectivity index (χ1v) is 18.2. The molecule has 5 nitrogen and oxygen atoms in total. The molecule has 0 bridgehead atoms. The van der Waals surface area contributed by atoms with E-state index < -0.39 is 0 Å². The van der Waals surface area contributed by atoms with Crippen molar-refractivity contribution in [1.82, 2.24) is 9.13 Å². The second kappa shape index (κ2) is 11.8. The van der Waals surface area contributed by atoms with E-state index in [1.54, 1.807) is 0 Å². The lowest BCUT2D eigenvalue weighted by Gasteiger charge is -2.18. The van der Waals surface area contributed by atoms with Gasteiger partial charge in [0, 0.05) is 49.4 Å². The van der Waals surface area contributed by atoms with Gasteiger partial charge in [0.2, 0.25) is 0 Å². The first kappa shape index (κ1) is 30.7. The number of rotatable bonds is 4. The summed E-state index contributed by atoms with van der Waals surface area (Å²) >= 11 is 0. The van der Waals surface area contributed by atoms with Gasteiger partial charge in [-0.2, -0.15) is 10.5 Å². The highest BCUT2D eigenvalue weighted by Gasteiger charge is 2.23. The maximum atomic E-state index is 10.9. The van der Waals surface area contributed by atoms with Crippen molar-refractivity contribution in [1.29, 1.82) is 10.5 Å². The molecule has 0 N–H and O–H groups in total. The van der Waals surface area contributed by atoms with Gasteiger partial charge in [-0.1, -0.05) is 109 Å². The summed E-state index contributed by atoms with van der Waals surface area (Å²) in [6.07, 6.45) is 0. The number of furan rings is 1. The van der Waals surface area contributed by atoms with Gasteiger partial charge in [0.25, 0.3) is 0 Å². The highest BCUT2D eigenvalue weighted by molar-refractivity contribution is 6.24. The topological polar surface area (TPSA) is 70.6 Å². The predicted molar refractivity (Wildman–Crippen MR) is 223 cm³/mol. The minimum atomic E-state index is 0.438. The zero-order valence-electron chi connectivity index (χ0n) is 29.4. The van der Waals surface area contributed by atoms with Crippen LogP contribution < -0.4 is 0 Å². The molecule has 11 rings (SSSR count). The molecule has 0 amide bonds. The molecule has 3 aromatic heterocycles. The van der Waals surface area contributed by atoms with Crippen LogP contribution in [0.25, 0.3) is 99.2 Å². The van der Waals surface area contributed by atoms with Crippen LogP contribution in [0.1, 0.15) is 11.1 Å². The van der Waals surface area contributed by atoms with Crippen LogP contribution in [0.5, 0.6) is 0 Å². The van der Waals surface area contributed by atoms with E-state index in [-0.39, 0.29) is 0 Å². The summed E-state index contributed by atoms with van der Waals surface area (Å²) in [5.74, 6) is 0. The molecule has 3 heterocycles. The molecule has 5 heteroatoms. The summed E-state index contributed by atoms with van der Waals surface area (Å²) < 4.78 is 11.2. The van der Waals surface area contributed by atoms with Gasteiger partial charge in [-0.3, -0.25) is 0 Å². The molecular formula is C50H28N4O. The van der Waals surface area contributed by atoms with E-state index in [9.17, 15) is 10.5 Å². The molecule has 254 valence electrons. The lowest BCUT2D eigenvalue weighted by molar-refractivity contribution is 0.673. The number of hydrogen-bond donors (Lipinski definition) is 0. The van der Waals surface area contributed by atoms with E-state index in [1.807, 2.05) is 60.7 Å². The Bertz CT molecular complexity index is 3400. The predicted octanol–water partition coefficient (Wildman–Crippen LogP) is 12.9. The third kappa shape index (κ3) is 4.45. The number of hydrogen-bond acceptors (Lipinski definition) is 3. The fourth-order valence-electron chi connectivity index (χ4n) is 8.68. The molecular weight excluding hydrogens is 673 g/mol. The van der Waals surface area contributed by atoms with Gasteiger partial charge in [0.05, 0.1) is 44.6 Å². The summed E-state index contributed by atoms with van der Waals surface area (Å²) in [4.78, 5) is 0. The Morgan fingerprint density at radius 3 is 1.69 bits per heavy atom. The van der Waals surface area contributed by atoms with Gasteiger partial charge in [0.15, 0.2) is 0 Å². The fraction of sp³-hybridized carbons (Fsp3) is 0. The van der Waals surface area contributed by atoms with Gasteiger partial charge < -0.3 is 13.6 Å². The molecule has 0 fully saturated rings. The van der Waals surface area contributed by atoms with Crippen LogP contribution in [-0.4, -0.2) is 9.13 Å². The monoisotopic (exact) mass is 700 g/mol. The molecule has 55 heavy (non-hydrogen) atoms. The van der Waals surface area contributed by atoms with Gasteiger partial charge in [-0.05, 0) is 71.8 Å². The molecule has 0 spiro atoms. The van der Waals surface area contributed by atoms with Crippen molar-refractivity contribution in [2.45, 2.75) is 0 Å². The van der Waals surface area contributed by atoms with Crippen LogP contribution in [0.4, 0.5) is 0 Å². The second-order valence-electron chi connectivity index (χ2n) is 13.9. The highest BCUT2D eigenvalue weighted by atomic mass is 16.3. The maximum absolute atomic E-state index is 10.9. The number of nitrogens with zero attached hydrogens (tertiary/aromatic N) is 4. The Morgan fingerprint density at radius 2 is 1.02 bits per heavy atom. The summed E-state index contributed by atoms with van der Waals surface area (Å²) in [5.41, 5.74) is 11.6. The summed E-state index contributed by atoms with van der Waals surface area (Å²) in [7, 11) is 0. The summed E-state index contributed by atoms with van der Waals surface area (Å²) in [6.45, 7) is 0. The lowest BCUT2D eigenvalue weighted by atomic mass is 9.88. The number of benzene rings is 8. The standard InChI is InChI=1S/C50H28N4O/c51-29-32-22-23-36(31-12-2-1-3-13-31)42(30-52)48(32)33-26-34(53-43-18-8-4-14-37(43)38-15-5-9-19-44(38)53)28-35(27-33)54-45-20-10-6-17-41(45)49-46(54)25-24-40-39-16-7-11-21-47(39)55-50(40)49/h1-28H. The van der Waals surface area contributed by atoms with Crippen molar-refractivity contribution in [2.75, 3.05) is 0 Å². The average Bonchev–Trinajstić information content (AvgIpc) is 3.91. The Balaban J connectivity index is 1.29. The Hall–Kier alpha value is -7.86. The van der Waals surface area contributed by atoms with Crippen molar-refractivity contribution in [3.8, 4) is 45.8 Å². The SMILES string of the molecule is N#Cc1ccc(-c2ccccc2)c(C#N)c1-c1cc(-n2c3ccccc3c3ccccc32)cc(-n2c3ccccc3c3c4oc5ccccc5c4ccc32)c1. The largest absolute Gasteiger partial charge is 0.455 e. The second-order valence-corrected chi connectivity index (χ2v) is 13.9. The van der Waals surface area contributed by atoms with Crippen molar-refractivity contribution in [3.05, 3.63) is 181 Å². The Morgan fingerprint density at radius 1 is 0.436 bits per heavy atom. The minimum absolute atomic E-state index is 0.438. The van der Waals surface area contributed by atoms with Crippen LogP contribution in [0.3, 0.4) is 0 Å². The molecule has 0 saturated heterocycles. The summed E-state index contributed by atoms with van der Waals surface area (Å²) in [5, 5.41) is 28.1. The average molecular weight is 701 g/mol. The van der Waals surface area contributed by atoms with Crippen LogP contribution in [0.2, 0.25) is 0 Å². The Labute approximate surface area is 315 Å². The van der Waals surface area contributed by atoms with Crippen LogP contribution in [-0.2, 0) is 0 Å².